The highest BCUT2D eigenvalue weighted by Gasteiger charge is 2.07. The summed E-state index contributed by atoms with van der Waals surface area (Å²) in [5.41, 5.74) is 2.23. The molecule has 7 nitrogen and oxygen atoms in total. The Kier molecular flexibility index (Phi) is 3.79. The first-order valence-corrected chi connectivity index (χ1v) is 7.18. The van der Waals surface area contributed by atoms with Crippen LogP contribution in [-0.2, 0) is 10.1 Å². The fourth-order valence-corrected chi connectivity index (χ4v) is 2.20. The number of hydrazone groups is 1. The molecule has 1 amide bonds. The van der Waals surface area contributed by atoms with Crippen molar-refractivity contribution >= 4 is 33.6 Å². The topological polar surface area (TPSA) is 112 Å². The molecule has 0 radical (unpaired) electrons. The first-order valence-electron chi connectivity index (χ1n) is 4.89. The van der Waals surface area contributed by atoms with Crippen LogP contribution in [0.25, 0.3) is 0 Å². The largest absolute Gasteiger partial charge is 0.742 e. The van der Waals surface area contributed by atoms with E-state index in [0.29, 0.717) is 4.88 Å². The molecule has 2 rings (SSSR count). The number of hydrogen-bond donors (Lipinski definition) is 1. The molecule has 0 atom stereocenters. The summed E-state index contributed by atoms with van der Waals surface area (Å²) in [6.45, 7) is 0. The normalized spacial score (nSPS) is 11.8. The Morgan fingerprint density at radius 1 is 1.42 bits per heavy atom. The maximum absolute atomic E-state index is 11.5. The minimum Gasteiger partial charge on any atom is -0.742 e. The van der Waals surface area contributed by atoms with E-state index in [-0.39, 0.29) is 5.76 Å². The monoisotopic (exact) mass is 299 g/mol. The average molecular weight is 299 g/mol. The Balaban J connectivity index is 2.00. The van der Waals surface area contributed by atoms with Gasteiger partial charge in [0.25, 0.3) is 5.91 Å². The number of nitrogens with zero attached hydrogens (tertiary/aromatic N) is 1. The van der Waals surface area contributed by atoms with Gasteiger partial charge in [-0.2, -0.15) is 5.10 Å². The highest BCUT2D eigenvalue weighted by atomic mass is 32.2. The van der Waals surface area contributed by atoms with Gasteiger partial charge in [0.15, 0.2) is 10.1 Å². The molecule has 0 aromatic carbocycles. The van der Waals surface area contributed by atoms with Gasteiger partial charge < -0.3 is 8.97 Å². The molecular weight excluding hydrogens is 292 g/mol. The minimum absolute atomic E-state index is 0.0425. The van der Waals surface area contributed by atoms with Crippen molar-refractivity contribution in [3.63, 3.8) is 0 Å². The second kappa shape index (κ2) is 5.34. The van der Waals surface area contributed by atoms with Gasteiger partial charge >= 0.3 is 0 Å². The molecule has 0 aliphatic rings. The summed E-state index contributed by atoms with van der Waals surface area (Å²) in [5, 5.41) is 4.64. The van der Waals surface area contributed by atoms with Crippen molar-refractivity contribution in [2.75, 3.05) is 0 Å². The minimum atomic E-state index is -4.62. The predicted octanol–water partition coefficient (Wildman–Crippen LogP) is 1.01. The molecular formula is C10H7N2O5S2-. The van der Waals surface area contributed by atoms with Crippen molar-refractivity contribution in [1.82, 2.24) is 5.43 Å². The molecule has 0 unspecified atom stereocenters. The van der Waals surface area contributed by atoms with E-state index in [1.807, 2.05) is 0 Å². The maximum atomic E-state index is 11.5. The number of carbonyl (C=O) groups excluding carboxylic acids is 1. The Bertz CT molecular complexity index is 700. The first-order chi connectivity index (χ1) is 8.97. The van der Waals surface area contributed by atoms with E-state index < -0.39 is 21.1 Å². The van der Waals surface area contributed by atoms with Crippen LogP contribution in [0.5, 0.6) is 0 Å². The van der Waals surface area contributed by atoms with Crippen LogP contribution in [0.2, 0.25) is 0 Å². The van der Waals surface area contributed by atoms with Gasteiger partial charge in [-0.25, -0.2) is 13.8 Å². The number of amides is 1. The van der Waals surface area contributed by atoms with Crippen LogP contribution in [0.1, 0.15) is 15.4 Å². The van der Waals surface area contributed by atoms with E-state index in [2.05, 4.69) is 10.5 Å². The summed E-state index contributed by atoms with van der Waals surface area (Å²) in [4.78, 5) is 12.0. The van der Waals surface area contributed by atoms with Crippen molar-refractivity contribution in [2.24, 2.45) is 5.10 Å². The van der Waals surface area contributed by atoms with E-state index in [1.54, 1.807) is 17.5 Å². The van der Waals surface area contributed by atoms with Crippen LogP contribution in [-0.4, -0.2) is 25.1 Å². The number of carbonyl (C=O) groups is 1. The third kappa shape index (κ3) is 3.50. The fraction of sp³-hybridized carbons (Fsp3) is 0. The highest BCUT2D eigenvalue weighted by molar-refractivity contribution is 7.85. The first kappa shape index (κ1) is 13.5. The quantitative estimate of drug-likeness (QED) is 0.514. The Morgan fingerprint density at radius 2 is 2.21 bits per heavy atom. The molecule has 2 aromatic heterocycles. The predicted molar refractivity (Wildman–Crippen MR) is 66.1 cm³/mol. The van der Waals surface area contributed by atoms with Gasteiger partial charge in [0.1, 0.15) is 5.76 Å². The molecule has 0 spiro atoms. The SMILES string of the molecule is O=C(N/N=C/c1ccc(S(=O)(=O)[O-])o1)c1cccs1. The Labute approximate surface area is 112 Å². The van der Waals surface area contributed by atoms with Crippen molar-refractivity contribution < 1.29 is 22.2 Å². The average Bonchev–Trinajstić information content (AvgIpc) is 2.99. The second-order valence-corrected chi connectivity index (χ2v) is 5.55. The van der Waals surface area contributed by atoms with Crippen LogP contribution < -0.4 is 5.43 Å². The lowest BCUT2D eigenvalue weighted by Gasteiger charge is -2.00. The van der Waals surface area contributed by atoms with E-state index >= 15 is 0 Å². The van der Waals surface area contributed by atoms with Crippen LogP contribution in [0.15, 0.2) is 44.3 Å². The molecule has 2 aromatic rings. The molecule has 1 N–H and O–H groups in total. The smallest absolute Gasteiger partial charge is 0.281 e. The summed E-state index contributed by atoms with van der Waals surface area (Å²) in [5.74, 6) is -0.351. The number of thiophene rings is 1. The van der Waals surface area contributed by atoms with Gasteiger partial charge in [-0.05, 0) is 23.6 Å². The number of hydrogen-bond acceptors (Lipinski definition) is 7. The standard InChI is InChI=1S/C10H8N2O5S2/c13-10(8-2-1-5-18-8)12-11-6-7-3-4-9(17-7)19(14,15)16/h1-6H,(H,12,13)(H,14,15,16)/p-1/b11-6+. The highest BCUT2D eigenvalue weighted by Crippen LogP contribution is 2.11. The molecule has 0 aliphatic carbocycles. The zero-order valence-electron chi connectivity index (χ0n) is 9.27. The molecule has 0 bridgehead atoms. The van der Waals surface area contributed by atoms with E-state index in [0.717, 1.165) is 12.3 Å². The van der Waals surface area contributed by atoms with Gasteiger partial charge in [-0.3, -0.25) is 4.79 Å². The summed E-state index contributed by atoms with van der Waals surface area (Å²) < 4.78 is 36.6. The summed E-state index contributed by atoms with van der Waals surface area (Å²) in [6, 6.07) is 5.63. The number of furan rings is 1. The van der Waals surface area contributed by atoms with Crippen molar-refractivity contribution in [2.45, 2.75) is 5.09 Å². The summed E-state index contributed by atoms with van der Waals surface area (Å²) >= 11 is 1.25. The van der Waals surface area contributed by atoms with Crippen LogP contribution in [0.4, 0.5) is 0 Å². The molecule has 0 fully saturated rings. The lowest BCUT2D eigenvalue weighted by molar-refractivity contribution is 0.0959. The third-order valence-corrected chi connectivity index (χ3v) is 3.53. The molecule has 2 heterocycles. The van der Waals surface area contributed by atoms with E-state index in [4.69, 9.17) is 4.42 Å². The molecule has 100 valence electrons. The maximum Gasteiger partial charge on any atom is 0.281 e. The van der Waals surface area contributed by atoms with Crippen LogP contribution in [0, 0.1) is 0 Å². The van der Waals surface area contributed by atoms with Crippen molar-refractivity contribution in [3.8, 4) is 0 Å². The Morgan fingerprint density at radius 3 is 2.79 bits per heavy atom. The second-order valence-electron chi connectivity index (χ2n) is 3.29. The molecule has 0 saturated carbocycles. The van der Waals surface area contributed by atoms with Gasteiger partial charge in [-0.15, -0.1) is 11.3 Å². The Hall–Kier alpha value is -1.97. The van der Waals surface area contributed by atoms with E-state index in [9.17, 15) is 17.8 Å². The van der Waals surface area contributed by atoms with Crippen molar-refractivity contribution in [1.29, 1.82) is 0 Å². The van der Waals surface area contributed by atoms with Gasteiger partial charge in [-0.1, -0.05) is 6.07 Å². The molecule has 0 aliphatic heterocycles. The number of nitrogens with one attached hydrogen (secondary N) is 1. The summed E-state index contributed by atoms with van der Waals surface area (Å²) in [6.07, 6.45) is 1.10. The van der Waals surface area contributed by atoms with E-state index in [1.165, 1.54) is 17.4 Å². The lowest BCUT2D eigenvalue weighted by Crippen LogP contribution is -2.15. The third-order valence-electron chi connectivity index (χ3n) is 1.95. The number of rotatable bonds is 4. The molecule has 19 heavy (non-hydrogen) atoms. The van der Waals surface area contributed by atoms with Crippen LogP contribution in [0.3, 0.4) is 0 Å². The van der Waals surface area contributed by atoms with Gasteiger partial charge in [0.05, 0.1) is 11.1 Å². The van der Waals surface area contributed by atoms with Crippen molar-refractivity contribution in [3.05, 3.63) is 40.3 Å². The zero-order chi connectivity index (χ0) is 13.9. The molecule has 9 heteroatoms. The molecule has 0 saturated heterocycles. The van der Waals surface area contributed by atoms with Gasteiger partial charge in [0, 0.05) is 0 Å². The van der Waals surface area contributed by atoms with Gasteiger partial charge in [0.2, 0.25) is 5.09 Å². The fourth-order valence-electron chi connectivity index (χ4n) is 1.16. The zero-order valence-corrected chi connectivity index (χ0v) is 10.9. The summed E-state index contributed by atoms with van der Waals surface area (Å²) in [7, 11) is -4.62. The van der Waals surface area contributed by atoms with Crippen LogP contribution >= 0.6 is 11.3 Å². The lowest BCUT2D eigenvalue weighted by atomic mass is 10.4.